The van der Waals surface area contributed by atoms with Crippen LogP contribution in [0, 0.1) is 5.82 Å². The summed E-state index contributed by atoms with van der Waals surface area (Å²) in [5, 5.41) is 6.38. The molecule has 0 fully saturated rings. The first-order chi connectivity index (χ1) is 11.6. The van der Waals surface area contributed by atoms with Gasteiger partial charge in [-0.25, -0.2) is 4.39 Å². The molecule has 24 heavy (non-hydrogen) atoms. The molecular weight excluding hydrogens is 351 g/mol. The van der Waals surface area contributed by atoms with E-state index in [1.165, 1.54) is 12.1 Å². The van der Waals surface area contributed by atoms with Crippen LogP contribution in [0.1, 0.15) is 6.92 Å². The highest BCUT2D eigenvalue weighted by Gasteiger charge is 2.02. The van der Waals surface area contributed by atoms with Crippen molar-refractivity contribution in [1.29, 1.82) is 0 Å². The van der Waals surface area contributed by atoms with Gasteiger partial charge in [-0.1, -0.05) is 11.6 Å². The lowest BCUT2D eigenvalue weighted by Crippen LogP contribution is -2.31. The second kappa shape index (κ2) is 9.30. The highest BCUT2D eigenvalue weighted by atomic mass is 35.5. The minimum atomic E-state index is -0.468. The van der Waals surface area contributed by atoms with Gasteiger partial charge in [0.25, 0.3) is 0 Å². The van der Waals surface area contributed by atoms with Crippen LogP contribution >= 0.6 is 23.8 Å². The van der Waals surface area contributed by atoms with E-state index in [0.717, 1.165) is 11.5 Å². The van der Waals surface area contributed by atoms with Crippen molar-refractivity contribution < 1.29 is 13.9 Å². The topological polar surface area (TPSA) is 42.5 Å². The Hall–Kier alpha value is -2.05. The van der Waals surface area contributed by atoms with Gasteiger partial charge in [0, 0.05) is 5.69 Å². The van der Waals surface area contributed by atoms with Crippen molar-refractivity contribution in [3.8, 4) is 11.5 Å². The van der Waals surface area contributed by atoms with E-state index in [-0.39, 0.29) is 5.02 Å². The summed E-state index contributed by atoms with van der Waals surface area (Å²) in [6, 6.07) is 11.7. The first-order valence-electron chi connectivity index (χ1n) is 7.44. The molecule has 2 N–H and O–H groups in total. The van der Waals surface area contributed by atoms with Gasteiger partial charge in [-0.15, -0.1) is 0 Å². The second-order valence-corrected chi connectivity index (χ2v) is 5.58. The molecule has 0 aromatic heterocycles. The first-order valence-corrected chi connectivity index (χ1v) is 8.22. The van der Waals surface area contributed by atoms with Gasteiger partial charge < -0.3 is 20.1 Å². The van der Waals surface area contributed by atoms with E-state index in [0.29, 0.717) is 30.6 Å². The quantitative estimate of drug-likeness (QED) is 0.565. The molecule has 0 aliphatic carbocycles. The molecule has 2 aromatic carbocycles. The zero-order valence-electron chi connectivity index (χ0n) is 13.1. The van der Waals surface area contributed by atoms with E-state index in [1.54, 1.807) is 6.07 Å². The Labute approximate surface area is 150 Å². The molecule has 0 amide bonds. The SMILES string of the molecule is CCOc1ccc(OCCNC(=S)Nc2ccc(F)c(Cl)c2)cc1. The maximum absolute atomic E-state index is 13.1. The van der Waals surface area contributed by atoms with Gasteiger partial charge in [-0.2, -0.15) is 0 Å². The summed E-state index contributed by atoms with van der Waals surface area (Å²) in [7, 11) is 0. The Balaban J connectivity index is 1.69. The lowest BCUT2D eigenvalue weighted by atomic mass is 10.3. The summed E-state index contributed by atoms with van der Waals surface area (Å²) >= 11 is 10.9. The molecule has 0 aliphatic heterocycles. The summed E-state index contributed by atoms with van der Waals surface area (Å²) in [5.74, 6) is 1.10. The van der Waals surface area contributed by atoms with Crippen LogP contribution < -0.4 is 20.1 Å². The van der Waals surface area contributed by atoms with Crippen LogP contribution in [0.4, 0.5) is 10.1 Å². The van der Waals surface area contributed by atoms with E-state index >= 15 is 0 Å². The smallest absolute Gasteiger partial charge is 0.170 e. The lowest BCUT2D eigenvalue weighted by Gasteiger charge is -2.12. The van der Waals surface area contributed by atoms with Crippen molar-refractivity contribution in [2.45, 2.75) is 6.92 Å². The highest BCUT2D eigenvalue weighted by Crippen LogP contribution is 2.19. The van der Waals surface area contributed by atoms with Gasteiger partial charge in [0.1, 0.15) is 23.9 Å². The van der Waals surface area contributed by atoms with Crippen molar-refractivity contribution in [2.24, 2.45) is 0 Å². The lowest BCUT2D eigenvalue weighted by molar-refractivity contribution is 0.319. The van der Waals surface area contributed by atoms with Crippen molar-refractivity contribution in [2.75, 3.05) is 25.1 Å². The van der Waals surface area contributed by atoms with Gasteiger partial charge in [-0.05, 0) is 61.6 Å². The highest BCUT2D eigenvalue weighted by molar-refractivity contribution is 7.80. The van der Waals surface area contributed by atoms with E-state index in [2.05, 4.69) is 10.6 Å². The molecule has 4 nitrogen and oxygen atoms in total. The molecule has 0 radical (unpaired) electrons. The Morgan fingerprint density at radius 3 is 2.42 bits per heavy atom. The van der Waals surface area contributed by atoms with Crippen LogP contribution in [-0.4, -0.2) is 24.9 Å². The van der Waals surface area contributed by atoms with Gasteiger partial charge in [0.2, 0.25) is 0 Å². The van der Waals surface area contributed by atoms with Gasteiger partial charge in [-0.3, -0.25) is 0 Å². The van der Waals surface area contributed by atoms with Crippen LogP contribution in [0.15, 0.2) is 42.5 Å². The summed E-state index contributed by atoms with van der Waals surface area (Å²) < 4.78 is 24.0. The predicted molar refractivity (Wildman–Crippen MR) is 98.7 cm³/mol. The number of anilines is 1. The third-order valence-electron chi connectivity index (χ3n) is 2.97. The maximum Gasteiger partial charge on any atom is 0.170 e. The summed E-state index contributed by atoms with van der Waals surface area (Å²) in [5.41, 5.74) is 0.617. The number of nitrogens with one attached hydrogen (secondary N) is 2. The third kappa shape index (κ3) is 5.86. The molecule has 7 heteroatoms. The molecule has 0 aliphatic rings. The summed E-state index contributed by atoms with van der Waals surface area (Å²) in [4.78, 5) is 0. The number of benzene rings is 2. The van der Waals surface area contributed by atoms with Gasteiger partial charge >= 0.3 is 0 Å². The molecule has 2 aromatic rings. The fraction of sp³-hybridized carbons (Fsp3) is 0.235. The Morgan fingerprint density at radius 2 is 1.79 bits per heavy atom. The van der Waals surface area contributed by atoms with Crippen molar-refractivity contribution >= 4 is 34.6 Å². The standard InChI is InChI=1S/C17H18ClFN2O2S/c1-2-22-13-4-6-14(7-5-13)23-10-9-20-17(24)21-12-3-8-16(19)15(18)11-12/h3-8,11H,2,9-10H2,1H3,(H2,20,21,24). The molecule has 0 spiro atoms. The van der Waals surface area contributed by atoms with Crippen LogP contribution in [0.2, 0.25) is 5.02 Å². The monoisotopic (exact) mass is 368 g/mol. The Kier molecular flexibility index (Phi) is 7.08. The number of hydrogen-bond acceptors (Lipinski definition) is 3. The average molecular weight is 369 g/mol. The maximum atomic E-state index is 13.1. The minimum absolute atomic E-state index is 0.0432. The summed E-state index contributed by atoms with van der Waals surface area (Å²) in [6.45, 7) is 3.54. The number of halogens is 2. The zero-order chi connectivity index (χ0) is 17.4. The first kappa shape index (κ1) is 18.3. The second-order valence-electron chi connectivity index (χ2n) is 4.76. The van der Waals surface area contributed by atoms with Crippen molar-refractivity contribution in [3.05, 3.63) is 53.3 Å². The normalized spacial score (nSPS) is 10.1. The molecule has 0 atom stereocenters. The minimum Gasteiger partial charge on any atom is -0.494 e. The molecule has 0 heterocycles. The third-order valence-corrected chi connectivity index (χ3v) is 3.50. The largest absolute Gasteiger partial charge is 0.494 e. The van der Waals surface area contributed by atoms with E-state index in [1.807, 2.05) is 31.2 Å². The number of ether oxygens (including phenoxy) is 2. The number of thiocarbonyl (C=S) groups is 1. The van der Waals surface area contributed by atoms with E-state index in [9.17, 15) is 4.39 Å². The molecule has 0 saturated carbocycles. The van der Waals surface area contributed by atoms with Crippen molar-refractivity contribution in [1.82, 2.24) is 5.32 Å². The van der Waals surface area contributed by atoms with E-state index < -0.39 is 5.82 Å². The average Bonchev–Trinajstić information content (AvgIpc) is 2.57. The predicted octanol–water partition coefficient (Wildman–Crippen LogP) is 4.24. The fourth-order valence-corrected chi connectivity index (χ4v) is 2.28. The molecule has 2 rings (SSSR count). The van der Waals surface area contributed by atoms with Crippen molar-refractivity contribution in [3.63, 3.8) is 0 Å². The van der Waals surface area contributed by atoms with Gasteiger partial charge in [0.05, 0.1) is 18.2 Å². The summed E-state index contributed by atoms with van der Waals surface area (Å²) in [6.07, 6.45) is 0. The van der Waals surface area contributed by atoms with Crippen LogP contribution in [-0.2, 0) is 0 Å². The van der Waals surface area contributed by atoms with Crippen LogP contribution in [0.25, 0.3) is 0 Å². The van der Waals surface area contributed by atoms with Crippen LogP contribution in [0.3, 0.4) is 0 Å². The molecule has 128 valence electrons. The molecule has 0 unspecified atom stereocenters. The van der Waals surface area contributed by atoms with Gasteiger partial charge in [0.15, 0.2) is 5.11 Å². The Bertz CT molecular complexity index is 683. The fourth-order valence-electron chi connectivity index (χ4n) is 1.88. The van der Waals surface area contributed by atoms with Crippen LogP contribution in [0.5, 0.6) is 11.5 Å². The Morgan fingerprint density at radius 1 is 1.12 bits per heavy atom. The number of rotatable bonds is 7. The number of hydrogen-bond donors (Lipinski definition) is 2. The molecule has 0 bridgehead atoms. The molecular formula is C17H18ClFN2O2S. The molecule has 0 saturated heterocycles. The van der Waals surface area contributed by atoms with E-state index in [4.69, 9.17) is 33.3 Å². The zero-order valence-corrected chi connectivity index (χ0v) is 14.7.